The highest BCUT2D eigenvalue weighted by Crippen LogP contribution is 2.15. The molecule has 0 aromatic rings. The number of guanidine groups is 1. The minimum atomic E-state index is -2.71. The van der Waals surface area contributed by atoms with Crippen LogP contribution in [0.1, 0.15) is 68.8 Å². The Bertz CT molecular complexity index is 469. The number of nitrogens with one attached hydrogen (secondary N) is 2. The monoisotopic (exact) mass is 314 g/mol. The smallest absolute Gasteiger partial charge is 0.325 e. The molecule has 0 bridgehead atoms. The second-order valence-electron chi connectivity index (χ2n) is 5.69. The summed E-state index contributed by atoms with van der Waals surface area (Å²) in [5, 5.41) is 10.1. The lowest BCUT2D eigenvalue weighted by molar-refractivity contribution is -0.150. The number of rotatable bonds is 3. The van der Waals surface area contributed by atoms with Crippen molar-refractivity contribution in [2.24, 2.45) is 0 Å². The van der Waals surface area contributed by atoms with Gasteiger partial charge >= 0.3 is 5.97 Å². The first-order valence-electron chi connectivity index (χ1n) is 9.59. The third-order valence-corrected chi connectivity index (χ3v) is 3.67. The Hall–Kier alpha value is -1.59. The zero-order chi connectivity index (χ0) is 18.9. The van der Waals surface area contributed by atoms with Crippen LogP contribution in [0.2, 0.25) is 0 Å². The average Bonchev–Trinajstić information content (AvgIpc) is 2.51. The normalized spacial score (nSPS) is 25.3. The maximum absolute atomic E-state index is 12.2. The summed E-state index contributed by atoms with van der Waals surface area (Å²) < 4.78 is 28.0. The molecule has 0 aliphatic carbocycles. The number of cyclic esters (lactones) is 1. The fourth-order valence-electron chi connectivity index (χ4n) is 2.40. The molecule has 126 valence electrons. The van der Waals surface area contributed by atoms with Gasteiger partial charge in [-0.15, -0.1) is 0 Å². The topological polar surface area (TPSA) is 82.5 Å². The molecule has 1 saturated heterocycles. The third-order valence-electron chi connectivity index (χ3n) is 3.67. The summed E-state index contributed by atoms with van der Waals surface area (Å²) in [5.41, 5.74) is 0. The molecule has 2 N–H and O–H groups in total. The van der Waals surface area contributed by atoms with E-state index in [0.29, 0.717) is 11.3 Å². The van der Waals surface area contributed by atoms with Crippen molar-refractivity contribution in [1.82, 2.24) is 10.2 Å². The van der Waals surface area contributed by atoms with Gasteiger partial charge in [0, 0.05) is 17.5 Å². The number of likely N-dealkylation sites (N-methyl/N-ethyl adjacent to an activating group) is 1. The van der Waals surface area contributed by atoms with Crippen LogP contribution in [0.5, 0.6) is 0 Å². The van der Waals surface area contributed by atoms with Crippen LogP contribution in [-0.4, -0.2) is 42.4 Å². The van der Waals surface area contributed by atoms with Crippen molar-refractivity contribution in [3.8, 4) is 0 Å². The molecule has 0 spiro atoms. The van der Waals surface area contributed by atoms with Gasteiger partial charge in [0.1, 0.15) is 12.6 Å². The van der Waals surface area contributed by atoms with E-state index in [2.05, 4.69) is 12.2 Å². The molecule has 0 aromatic heterocycles. The molecule has 1 atom stereocenters. The number of carbonyl (C=O) groups is 2. The molecule has 6 nitrogen and oxygen atoms in total. The number of hydrogen-bond donors (Lipinski definition) is 2. The van der Waals surface area contributed by atoms with Gasteiger partial charge in [0.2, 0.25) is 5.91 Å². The highest BCUT2D eigenvalue weighted by Gasteiger charge is 2.18. The average molecular weight is 314 g/mol. The van der Waals surface area contributed by atoms with Crippen LogP contribution in [0.25, 0.3) is 0 Å². The van der Waals surface area contributed by atoms with Gasteiger partial charge in [-0.1, -0.05) is 32.6 Å². The molecule has 1 amide bonds. The molecule has 1 heterocycles. The van der Waals surface area contributed by atoms with Gasteiger partial charge in [0.25, 0.3) is 0 Å². The van der Waals surface area contributed by atoms with Gasteiger partial charge in [-0.05, 0) is 25.7 Å². The fourth-order valence-corrected chi connectivity index (χ4v) is 2.40. The summed E-state index contributed by atoms with van der Waals surface area (Å²) in [5.74, 6) is -1.69. The molecule has 1 rings (SSSR count). The lowest BCUT2D eigenvalue weighted by Crippen LogP contribution is -2.44. The van der Waals surface area contributed by atoms with Crippen molar-refractivity contribution < 1.29 is 18.4 Å². The number of nitrogens with zero attached hydrogens (tertiary/aromatic N) is 1. The predicted octanol–water partition coefficient (Wildman–Crippen LogP) is 2.43. The lowest BCUT2D eigenvalue weighted by atomic mass is 10.0. The number of ether oxygens (including phenoxy) is 1. The number of unbranched alkanes of at least 4 members (excludes halogenated alkanes) is 1. The molecule has 0 radical (unpaired) electrons. The van der Waals surface area contributed by atoms with Gasteiger partial charge in [0.05, 0.1) is 0 Å². The number of carbonyl (C=O) groups excluding carboxylic acids is 2. The Morgan fingerprint density at radius 2 is 2.14 bits per heavy atom. The first-order chi connectivity index (χ1) is 11.7. The van der Waals surface area contributed by atoms with Crippen LogP contribution >= 0.6 is 0 Å². The molecule has 1 fully saturated rings. The zero-order valence-electron chi connectivity index (χ0n) is 16.3. The van der Waals surface area contributed by atoms with Crippen molar-refractivity contribution in [1.29, 1.82) is 5.41 Å². The number of esters is 1. The molecule has 6 heteroatoms. The standard InChI is InChI=1S/C16H29N3O3/c1-3-4-9-13-10-7-5-6-8-11-14(20)18-16(17)19(2)12-15(21)22-13/h13H,3-12H2,1-2H3,(H2,17,18,20)/i2D3. The van der Waals surface area contributed by atoms with E-state index in [-0.39, 0.29) is 12.5 Å². The molecular weight excluding hydrogens is 282 g/mol. The quantitative estimate of drug-likeness (QED) is 0.784. The second-order valence-corrected chi connectivity index (χ2v) is 5.69. The van der Waals surface area contributed by atoms with E-state index in [1.54, 1.807) is 0 Å². The summed E-state index contributed by atoms with van der Waals surface area (Å²) in [6, 6.07) is 0. The molecular formula is C16H29N3O3. The fraction of sp³-hybridized carbons (Fsp3) is 0.812. The van der Waals surface area contributed by atoms with Gasteiger partial charge in [-0.25, -0.2) is 0 Å². The van der Waals surface area contributed by atoms with E-state index >= 15 is 0 Å². The van der Waals surface area contributed by atoms with E-state index in [9.17, 15) is 9.59 Å². The minimum absolute atomic E-state index is 0.224. The van der Waals surface area contributed by atoms with Crippen molar-refractivity contribution in [2.75, 3.05) is 13.5 Å². The summed E-state index contributed by atoms with van der Waals surface area (Å²) in [6.07, 6.45) is 6.85. The molecule has 1 aliphatic rings. The Labute approximate surface area is 137 Å². The Morgan fingerprint density at radius 3 is 2.86 bits per heavy atom. The first kappa shape index (κ1) is 14.0. The van der Waals surface area contributed by atoms with Crippen molar-refractivity contribution >= 4 is 17.8 Å². The van der Waals surface area contributed by atoms with Crippen molar-refractivity contribution in [2.45, 2.75) is 70.8 Å². The van der Waals surface area contributed by atoms with E-state index in [4.69, 9.17) is 14.3 Å². The summed E-state index contributed by atoms with van der Waals surface area (Å²) in [6.45, 7) is -1.23. The van der Waals surface area contributed by atoms with E-state index in [1.807, 2.05) is 0 Å². The molecule has 0 aromatic carbocycles. The predicted molar refractivity (Wildman–Crippen MR) is 85.6 cm³/mol. The Morgan fingerprint density at radius 1 is 1.36 bits per heavy atom. The maximum Gasteiger partial charge on any atom is 0.325 e. The molecule has 22 heavy (non-hydrogen) atoms. The number of hydrogen-bond acceptors (Lipinski definition) is 4. The van der Waals surface area contributed by atoms with Crippen molar-refractivity contribution in [3.63, 3.8) is 0 Å². The molecule has 0 saturated carbocycles. The van der Waals surface area contributed by atoms with Crippen LogP contribution in [0.4, 0.5) is 0 Å². The highest BCUT2D eigenvalue weighted by molar-refractivity contribution is 5.96. The number of amides is 1. The Balaban J connectivity index is 2.86. The SMILES string of the molecule is [2H]C([2H])([2H])N1CC(=O)OC(CCCC)CCCCCCC(=O)NC1=N. The second kappa shape index (κ2) is 10.2. The highest BCUT2D eigenvalue weighted by atomic mass is 16.5. The van der Waals surface area contributed by atoms with Crippen LogP contribution in [-0.2, 0) is 14.3 Å². The van der Waals surface area contributed by atoms with Crippen LogP contribution in [0, 0.1) is 5.41 Å². The van der Waals surface area contributed by atoms with Gasteiger partial charge in [-0.2, -0.15) is 0 Å². The van der Waals surface area contributed by atoms with Gasteiger partial charge < -0.3 is 9.64 Å². The van der Waals surface area contributed by atoms with E-state index in [1.165, 1.54) is 0 Å². The summed E-state index contributed by atoms with van der Waals surface area (Å²) >= 11 is 0. The van der Waals surface area contributed by atoms with Gasteiger partial charge in [-0.3, -0.25) is 20.3 Å². The van der Waals surface area contributed by atoms with Crippen molar-refractivity contribution in [3.05, 3.63) is 0 Å². The maximum atomic E-state index is 12.2. The molecule has 1 aliphatic heterocycles. The van der Waals surface area contributed by atoms with Gasteiger partial charge in [0.15, 0.2) is 5.96 Å². The summed E-state index contributed by atoms with van der Waals surface area (Å²) in [7, 11) is 0. The van der Waals surface area contributed by atoms with Crippen LogP contribution in [0.15, 0.2) is 0 Å². The minimum Gasteiger partial charge on any atom is -0.461 e. The zero-order valence-corrected chi connectivity index (χ0v) is 13.3. The summed E-state index contributed by atoms with van der Waals surface area (Å²) in [4.78, 5) is 24.6. The van der Waals surface area contributed by atoms with E-state index < -0.39 is 31.4 Å². The third kappa shape index (κ3) is 7.43. The molecule has 1 unspecified atom stereocenters. The largest absolute Gasteiger partial charge is 0.461 e. The lowest BCUT2D eigenvalue weighted by Gasteiger charge is -2.23. The Kier molecular flexibility index (Phi) is 6.50. The first-order valence-corrected chi connectivity index (χ1v) is 8.09. The van der Waals surface area contributed by atoms with Crippen LogP contribution in [0.3, 0.4) is 0 Å². The van der Waals surface area contributed by atoms with E-state index in [0.717, 1.165) is 44.9 Å². The van der Waals surface area contributed by atoms with Crippen LogP contribution < -0.4 is 5.32 Å².